The number of nitrogens with zero attached hydrogens (tertiary/aromatic N) is 12. The molecule has 0 aliphatic rings. The van der Waals surface area contributed by atoms with Gasteiger partial charge in [0, 0.05) is 91.0 Å². The molecule has 404 valence electrons. The first-order valence-electron chi connectivity index (χ1n) is 24.0. The summed E-state index contributed by atoms with van der Waals surface area (Å²) in [5, 5.41) is 8.74. The summed E-state index contributed by atoms with van der Waals surface area (Å²) in [6, 6.07) is 25.8. The Morgan fingerprint density at radius 1 is 0.623 bits per heavy atom. The summed E-state index contributed by atoms with van der Waals surface area (Å²) in [6.45, 7) is 9.90. The van der Waals surface area contributed by atoms with E-state index in [0.717, 1.165) is 65.7 Å². The fourth-order valence-corrected chi connectivity index (χ4v) is 7.90. The van der Waals surface area contributed by atoms with Crippen LogP contribution in [0.3, 0.4) is 0 Å². The van der Waals surface area contributed by atoms with Gasteiger partial charge < -0.3 is 50.8 Å². The highest BCUT2D eigenvalue weighted by atomic mass is 35.5. The number of imidazole rings is 2. The molecule has 0 aliphatic heterocycles. The number of anilines is 8. The van der Waals surface area contributed by atoms with Gasteiger partial charge in [-0.1, -0.05) is 37.4 Å². The lowest BCUT2D eigenvalue weighted by atomic mass is 10.2. The van der Waals surface area contributed by atoms with Crippen molar-refractivity contribution in [2.24, 2.45) is 14.1 Å². The molecular weight excluding hydrogens is 1000 g/mol. The number of carbonyl (C=O) groups is 2. The Balaban J connectivity index is 0.000000230. The molecule has 0 saturated heterocycles. The van der Waals surface area contributed by atoms with Gasteiger partial charge in [-0.15, -0.1) is 0 Å². The van der Waals surface area contributed by atoms with Crippen molar-refractivity contribution in [1.29, 1.82) is 0 Å². The number of nitrogens with one attached hydrogen (secondary N) is 3. The Bertz CT molecular complexity index is 3530. The van der Waals surface area contributed by atoms with Crippen LogP contribution in [-0.4, -0.2) is 142 Å². The lowest BCUT2D eigenvalue weighted by Crippen LogP contribution is -2.29. The molecule has 0 bridgehead atoms. The topological polar surface area (TPSA) is 233 Å². The molecule has 0 unspecified atom stereocenters. The fourth-order valence-electron chi connectivity index (χ4n) is 7.90. The first-order chi connectivity index (χ1) is 36.8. The van der Waals surface area contributed by atoms with Gasteiger partial charge in [0.1, 0.15) is 23.1 Å². The third-order valence-corrected chi connectivity index (χ3v) is 12.2. The second-order valence-electron chi connectivity index (χ2n) is 17.9. The summed E-state index contributed by atoms with van der Waals surface area (Å²) < 4.78 is 17.6. The van der Waals surface area contributed by atoms with Crippen LogP contribution < -0.4 is 52.3 Å². The van der Waals surface area contributed by atoms with Crippen molar-refractivity contribution in [3.63, 3.8) is 0 Å². The SMILES string of the molecule is C=CC(=O)Cl.C=CC(=O)Nc1cc(Nc2nccc(-n3c(=O)n(C)c4ccccc43)n2)c(OC)cc1N(C)CCN(C)C.COc1cc(N(C)CCN(C)C)c(N)cc1Nc1nccc(-n2c(=O)n(C)c3ccccc32)n1. The molecule has 4 aromatic carbocycles. The van der Waals surface area contributed by atoms with Gasteiger partial charge in [-0.3, -0.25) is 18.7 Å². The van der Waals surface area contributed by atoms with Crippen molar-refractivity contribution in [1.82, 2.24) is 48.0 Å². The second kappa shape index (κ2) is 26.0. The van der Waals surface area contributed by atoms with E-state index in [4.69, 9.17) is 26.8 Å². The van der Waals surface area contributed by atoms with Crippen LogP contribution in [0.15, 0.2) is 132 Å². The summed E-state index contributed by atoms with van der Waals surface area (Å²) >= 11 is 4.71. The van der Waals surface area contributed by atoms with Gasteiger partial charge >= 0.3 is 11.4 Å². The number of aromatic nitrogens is 8. The number of aryl methyl sites for hydroxylation is 2. The average Bonchev–Trinajstić information content (AvgIpc) is 3.83. The van der Waals surface area contributed by atoms with E-state index in [9.17, 15) is 19.2 Å². The number of hydrogen-bond acceptors (Lipinski definition) is 17. The van der Waals surface area contributed by atoms with Gasteiger partial charge in [0.15, 0.2) is 0 Å². The minimum atomic E-state index is -0.509. The first kappa shape index (κ1) is 57.3. The van der Waals surface area contributed by atoms with Crippen LogP contribution in [0.4, 0.5) is 46.0 Å². The predicted molar refractivity (Wildman–Crippen MR) is 309 cm³/mol. The molecule has 0 fully saturated rings. The van der Waals surface area contributed by atoms with Gasteiger partial charge in [-0.25, -0.2) is 28.7 Å². The number of allylic oxidation sites excluding steroid dienone is 1. The number of para-hydroxylation sites is 4. The Hall–Kier alpha value is -8.99. The minimum Gasteiger partial charge on any atom is -0.494 e. The molecule has 0 atom stereocenters. The zero-order valence-corrected chi connectivity index (χ0v) is 45.7. The van der Waals surface area contributed by atoms with Gasteiger partial charge in [-0.2, -0.15) is 9.97 Å². The van der Waals surface area contributed by atoms with Crippen LogP contribution in [0.2, 0.25) is 0 Å². The molecule has 8 aromatic rings. The molecule has 0 aliphatic carbocycles. The number of rotatable bonds is 19. The van der Waals surface area contributed by atoms with Crippen LogP contribution in [0.5, 0.6) is 11.5 Å². The largest absolute Gasteiger partial charge is 0.494 e. The Morgan fingerprint density at radius 3 is 1.45 bits per heavy atom. The van der Waals surface area contributed by atoms with Crippen molar-refractivity contribution < 1.29 is 19.1 Å². The number of hydrogen-bond donors (Lipinski definition) is 4. The maximum Gasteiger partial charge on any atom is 0.334 e. The fraction of sp³-hybridized carbons (Fsp3) is 0.259. The number of carbonyl (C=O) groups excluding carboxylic acids is 2. The number of fused-ring (bicyclic) bond motifs is 2. The number of ether oxygens (including phenoxy) is 2. The molecule has 22 nitrogen and oxygen atoms in total. The number of likely N-dealkylation sites (N-methyl/N-ethyl adjacent to an activating group) is 4. The molecule has 4 aromatic heterocycles. The van der Waals surface area contributed by atoms with E-state index in [1.807, 2.05) is 108 Å². The number of halogens is 1. The number of methoxy groups -OCH3 is 2. The highest BCUT2D eigenvalue weighted by molar-refractivity contribution is 6.66. The molecule has 77 heavy (non-hydrogen) atoms. The summed E-state index contributed by atoms with van der Waals surface area (Å²) in [5.41, 5.74) is 13.1. The third-order valence-electron chi connectivity index (χ3n) is 12.0. The molecule has 0 radical (unpaired) electrons. The molecule has 4 heterocycles. The summed E-state index contributed by atoms with van der Waals surface area (Å²) in [6.07, 6.45) is 5.45. The number of amides is 1. The quantitative estimate of drug-likeness (QED) is 0.0391. The van der Waals surface area contributed by atoms with E-state index in [-0.39, 0.29) is 23.2 Å². The molecule has 8 rings (SSSR count). The zero-order valence-electron chi connectivity index (χ0n) is 44.9. The first-order valence-corrected chi connectivity index (χ1v) is 24.4. The van der Waals surface area contributed by atoms with Crippen LogP contribution in [-0.2, 0) is 23.7 Å². The minimum absolute atomic E-state index is 0.183. The van der Waals surface area contributed by atoms with Crippen LogP contribution in [0.1, 0.15) is 0 Å². The van der Waals surface area contributed by atoms with Crippen LogP contribution in [0, 0.1) is 0 Å². The van der Waals surface area contributed by atoms with E-state index < -0.39 is 5.24 Å². The smallest absolute Gasteiger partial charge is 0.334 e. The van der Waals surface area contributed by atoms with E-state index >= 15 is 0 Å². The van der Waals surface area contributed by atoms with Gasteiger partial charge in [0.25, 0.3) is 0 Å². The van der Waals surface area contributed by atoms with Crippen LogP contribution >= 0.6 is 11.6 Å². The van der Waals surface area contributed by atoms with Gasteiger partial charge in [0.05, 0.1) is 70.4 Å². The highest BCUT2D eigenvalue weighted by Gasteiger charge is 2.20. The normalized spacial score (nSPS) is 10.8. The van der Waals surface area contributed by atoms with E-state index in [2.05, 4.69) is 63.7 Å². The monoisotopic (exact) mass is 1070 g/mol. The lowest BCUT2D eigenvalue weighted by Gasteiger charge is -2.26. The van der Waals surface area contributed by atoms with Crippen molar-refractivity contribution in [3.8, 4) is 23.1 Å². The number of nitrogen functional groups attached to an aromatic ring is 1. The molecule has 0 saturated carbocycles. The van der Waals surface area contributed by atoms with E-state index in [0.29, 0.717) is 51.8 Å². The molecule has 23 heteroatoms. The summed E-state index contributed by atoms with van der Waals surface area (Å²) in [7, 11) is 18.7. The molecule has 1 amide bonds. The van der Waals surface area contributed by atoms with Gasteiger partial charge in [-0.05, 0) is 88.3 Å². The van der Waals surface area contributed by atoms with Crippen molar-refractivity contribution in [2.45, 2.75) is 0 Å². The van der Waals surface area contributed by atoms with Crippen molar-refractivity contribution in [2.75, 3.05) is 114 Å². The maximum atomic E-state index is 13.0. The third kappa shape index (κ3) is 13.8. The summed E-state index contributed by atoms with van der Waals surface area (Å²) in [5.74, 6) is 2.27. The van der Waals surface area contributed by atoms with E-state index in [1.165, 1.54) is 10.6 Å². The molecule has 0 spiro atoms. The van der Waals surface area contributed by atoms with Crippen molar-refractivity contribution in [3.05, 3.63) is 144 Å². The second-order valence-corrected chi connectivity index (χ2v) is 18.3. The molecule has 5 N–H and O–H groups in total. The maximum absolute atomic E-state index is 13.0. The Morgan fingerprint density at radius 2 is 1.04 bits per heavy atom. The van der Waals surface area contributed by atoms with E-state index in [1.54, 1.807) is 78.7 Å². The lowest BCUT2D eigenvalue weighted by molar-refractivity contribution is -0.112. The number of nitrogens with two attached hydrogens (primary N) is 1. The van der Waals surface area contributed by atoms with Crippen LogP contribution in [0.25, 0.3) is 33.7 Å². The van der Waals surface area contributed by atoms with Gasteiger partial charge in [0.2, 0.25) is 23.0 Å². The standard InChI is InChI=1S/C27H32N8O3.C24H30N8O2.C3H3ClO/c1-7-25(36)29-18-16-19(23(38-6)17-22(18)33(4)15-14-32(2)3)30-26-28-13-12-24(31-26)35-21-11-9-8-10-20(21)34(5)27(35)37;1-29(2)12-13-30(3)20-15-21(34-5)17(14-16(20)25)27-23-26-11-10-22(28-23)32-19-9-7-6-8-18(19)31(4)24(32)33;1-2-3(4)5/h7-13,16-17H,1,14-15H2,2-6H3,(H,29,36)(H,28,30,31);6-11,14-15H,12-13,25H2,1-5H3,(H,26,27,28);2H,1H2. The number of benzene rings is 4. The Kier molecular flexibility index (Phi) is 19.3. The summed E-state index contributed by atoms with van der Waals surface area (Å²) in [4.78, 5) is 73.8. The predicted octanol–water partition coefficient (Wildman–Crippen LogP) is 6.38. The Labute approximate surface area is 451 Å². The average molecular weight is 1070 g/mol. The van der Waals surface area contributed by atoms with Crippen molar-refractivity contribution >= 4 is 90.8 Å². The zero-order chi connectivity index (χ0) is 56.1. The molecular formula is C54H65ClN16O6. The highest BCUT2D eigenvalue weighted by Crippen LogP contribution is 2.39.